The monoisotopic (exact) mass is 211 g/mol. The molecule has 1 heterocycles. The molecule has 1 aromatic heterocycles. The summed E-state index contributed by atoms with van der Waals surface area (Å²) in [7, 11) is 0. The number of aromatic amines is 1. The molecule has 1 rings (SSSR count). The molecule has 80 valence electrons. The molecule has 0 fully saturated rings. The van der Waals surface area contributed by atoms with E-state index in [1.165, 1.54) is 18.2 Å². The Morgan fingerprint density at radius 3 is 2.80 bits per heavy atom. The fourth-order valence-corrected chi connectivity index (χ4v) is 0.808. The molecule has 7 nitrogen and oxygen atoms in total. The van der Waals surface area contributed by atoms with E-state index < -0.39 is 24.0 Å². The lowest BCUT2D eigenvalue weighted by atomic mass is 10.3. The summed E-state index contributed by atoms with van der Waals surface area (Å²) >= 11 is 0. The summed E-state index contributed by atoms with van der Waals surface area (Å²) in [6.07, 6.45) is 0. The van der Waals surface area contributed by atoms with Gasteiger partial charge in [0.2, 0.25) is 11.5 Å². The Bertz CT molecular complexity index is 426. The number of amides is 2. The SMILES string of the molecule is NC(=O)CONC(=O)c1cccc(=O)[nH]1. The average molecular weight is 211 g/mol. The van der Waals surface area contributed by atoms with Crippen molar-refractivity contribution in [2.45, 2.75) is 0 Å². The first-order chi connectivity index (χ1) is 7.09. The van der Waals surface area contributed by atoms with Crippen LogP contribution in [0.5, 0.6) is 0 Å². The second-order valence-electron chi connectivity index (χ2n) is 2.61. The zero-order chi connectivity index (χ0) is 11.3. The number of nitrogens with two attached hydrogens (primary N) is 1. The average Bonchev–Trinajstić information content (AvgIpc) is 2.17. The van der Waals surface area contributed by atoms with E-state index in [1.807, 2.05) is 5.48 Å². The predicted octanol–water partition coefficient (Wildman–Crippen LogP) is -1.48. The van der Waals surface area contributed by atoms with Gasteiger partial charge in [0, 0.05) is 6.07 Å². The minimum absolute atomic E-state index is 0.0342. The number of primary amides is 1. The van der Waals surface area contributed by atoms with Gasteiger partial charge in [-0.2, -0.15) is 0 Å². The van der Waals surface area contributed by atoms with E-state index in [0.717, 1.165) is 0 Å². The first-order valence-electron chi connectivity index (χ1n) is 3.99. The number of carbonyl (C=O) groups is 2. The zero-order valence-electron chi connectivity index (χ0n) is 7.65. The van der Waals surface area contributed by atoms with Crippen molar-refractivity contribution in [2.24, 2.45) is 5.73 Å². The molecule has 4 N–H and O–H groups in total. The summed E-state index contributed by atoms with van der Waals surface area (Å²) in [5.74, 6) is -1.37. The Hall–Kier alpha value is -2.15. The van der Waals surface area contributed by atoms with Crippen molar-refractivity contribution in [1.29, 1.82) is 0 Å². The van der Waals surface area contributed by atoms with Crippen LogP contribution in [0.1, 0.15) is 10.5 Å². The van der Waals surface area contributed by atoms with Gasteiger partial charge in [-0.25, -0.2) is 5.48 Å². The van der Waals surface area contributed by atoms with Crippen molar-refractivity contribution < 1.29 is 14.4 Å². The topological polar surface area (TPSA) is 114 Å². The summed E-state index contributed by atoms with van der Waals surface area (Å²) in [6, 6.07) is 4.08. The highest BCUT2D eigenvalue weighted by atomic mass is 16.7. The summed E-state index contributed by atoms with van der Waals surface area (Å²) in [5, 5.41) is 0. The fraction of sp³-hybridized carbons (Fsp3) is 0.125. The molecule has 0 aliphatic heterocycles. The van der Waals surface area contributed by atoms with Crippen LogP contribution in [0.15, 0.2) is 23.0 Å². The van der Waals surface area contributed by atoms with Crippen LogP contribution in [-0.2, 0) is 9.63 Å². The van der Waals surface area contributed by atoms with E-state index in [2.05, 4.69) is 9.82 Å². The molecule has 0 bridgehead atoms. The third-order valence-electron chi connectivity index (χ3n) is 1.39. The van der Waals surface area contributed by atoms with Crippen LogP contribution in [0.2, 0.25) is 0 Å². The maximum absolute atomic E-state index is 11.2. The summed E-state index contributed by atoms with van der Waals surface area (Å²) < 4.78 is 0. The number of pyridine rings is 1. The van der Waals surface area contributed by atoms with Crippen LogP contribution in [0.25, 0.3) is 0 Å². The first kappa shape index (κ1) is 10.9. The van der Waals surface area contributed by atoms with Crippen molar-refractivity contribution in [2.75, 3.05) is 6.61 Å². The summed E-state index contributed by atoms with van der Waals surface area (Å²) in [6.45, 7) is -0.428. The standard InChI is InChI=1S/C8H9N3O4/c9-6(12)4-15-11-8(14)5-2-1-3-7(13)10-5/h1-3H,4H2,(H2,9,12)(H,10,13)(H,11,14). The lowest BCUT2D eigenvalue weighted by molar-refractivity contribution is -0.124. The molecule has 1 aromatic rings. The second-order valence-corrected chi connectivity index (χ2v) is 2.61. The molecular weight excluding hydrogens is 202 g/mol. The molecule has 0 saturated carbocycles. The summed E-state index contributed by atoms with van der Waals surface area (Å²) in [4.78, 5) is 39.0. The van der Waals surface area contributed by atoms with E-state index in [4.69, 9.17) is 5.73 Å². The van der Waals surface area contributed by atoms with Crippen molar-refractivity contribution in [3.63, 3.8) is 0 Å². The Labute approximate surface area is 84.2 Å². The van der Waals surface area contributed by atoms with E-state index in [0.29, 0.717) is 0 Å². The van der Waals surface area contributed by atoms with Gasteiger partial charge in [-0.15, -0.1) is 0 Å². The highest BCUT2D eigenvalue weighted by Crippen LogP contribution is 1.89. The van der Waals surface area contributed by atoms with E-state index >= 15 is 0 Å². The third-order valence-corrected chi connectivity index (χ3v) is 1.39. The third kappa shape index (κ3) is 3.61. The van der Waals surface area contributed by atoms with E-state index in [-0.39, 0.29) is 5.69 Å². The quantitative estimate of drug-likeness (QED) is 0.527. The Balaban J connectivity index is 2.54. The lowest BCUT2D eigenvalue weighted by Gasteiger charge is -2.02. The molecular formula is C8H9N3O4. The van der Waals surface area contributed by atoms with Gasteiger partial charge >= 0.3 is 0 Å². The molecule has 2 amide bonds. The van der Waals surface area contributed by atoms with Crippen LogP contribution in [0.3, 0.4) is 0 Å². The smallest absolute Gasteiger partial charge is 0.291 e. The van der Waals surface area contributed by atoms with Crippen molar-refractivity contribution >= 4 is 11.8 Å². The van der Waals surface area contributed by atoms with Crippen molar-refractivity contribution in [3.05, 3.63) is 34.2 Å². The largest absolute Gasteiger partial charge is 0.368 e. The lowest BCUT2D eigenvalue weighted by Crippen LogP contribution is -2.30. The highest BCUT2D eigenvalue weighted by molar-refractivity contribution is 5.91. The van der Waals surface area contributed by atoms with Gasteiger partial charge in [-0.3, -0.25) is 19.2 Å². The number of rotatable bonds is 4. The van der Waals surface area contributed by atoms with Crippen LogP contribution < -0.4 is 16.8 Å². The predicted molar refractivity (Wildman–Crippen MR) is 49.7 cm³/mol. The van der Waals surface area contributed by atoms with Gasteiger partial charge in [-0.1, -0.05) is 6.07 Å². The van der Waals surface area contributed by atoms with Crippen LogP contribution in [0, 0.1) is 0 Å². The highest BCUT2D eigenvalue weighted by Gasteiger charge is 2.05. The van der Waals surface area contributed by atoms with Gasteiger partial charge in [0.15, 0.2) is 6.61 Å². The van der Waals surface area contributed by atoms with Crippen molar-refractivity contribution in [3.8, 4) is 0 Å². The van der Waals surface area contributed by atoms with Gasteiger partial charge in [0.05, 0.1) is 0 Å². The number of carbonyl (C=O) groups excluding carboxylic acids is 2. The van der Waals surface area contributed by atoms with Crippen LogP contribution in [-0.4, -0.2) is 23.4 Å². The van der Waals surface area contributed by atoms with Gasteiger partial charge in [0.25, 0.3) is 5.91 Å². The van der Waals surface area contributed by atoms with Gasteiger partial charge in [-0.05, 0) is 6.07 Å². The number of nitrogens with one attached hydrogen (secondary N) is 2. The molecule has 0 saturated heterocycles. The Kier molecular flexibility index (Phi) is 3.58. The molecule has 0 spiro atoms. The van der Waals surface area contributed by atoms with Crippen molar-refractivity contribution in [1.82, 2.24) is 10.5 Å². The molecule has 0 aliphatic rings. The normalized spacial score (nSPS) is 9.60. The van der Waals surface area contributed by atoms with Gasteiger partial charge in [0.1, 0.15) is 5.69 Å². The maximum Gasteiger partial charge on any atom is 0.291 e. The number of H-pyrrole nitrogens is 1. The number of aromatic nitrogens is 1. The fourth-order valence-electron chi connectivity index (χ4n) is 0.808. The second kappa shape index (κ2) is 4.91. The zero-order valence-corrected chi connectivity index (χ0v) is 7.65. The number of hydrogen-bond donors (Lipinski definition) is 3. The van der Waals surface area contributed by atoms with Crippen LogP contribution in [0.4, 0.5) is 0 Å². The molecule has 0 aromatic carbocycles. The maximum atomic E-state index is 11.2. The van der Waals surface area contributed by atoms with Crippen LogP contribution >= 0.6 is 0 Å². The molecule has 0 unspecified atom stereocenters. The van der Waals surface area contributed by atoms with E-state index in [9.17, 15) is 14.4 Å². The molecule has 0 aliphatic carbocycles. The summed E-state index contributed by atoms with van der Waals surface area (Å²) in [5.41, 5.74) is 6.35. The Morgan fingerprint density at radius 2 is 2.20 bits per heavy atom. The number of hydroxylamine groups is 1. The van der Waals surface area contributed by atoms with E-state index in [1.54, 1.807) is 0 Å². The Morgan fingerprint density at radius 1 is 1.47 bits per heavy atom. The minimum Gasteiger partial charge on any atom is -0.368 e. The minimum atomic E-state index is -0.711. The number of hydrogen-bond acceptors (Lipinski definition) is 4. The molecule has 0 radical (unpaired) electrons. The molecule has 15 heavy (non-hydrogen) atoms. The molecule has 0 atom stereocenters. The molecule has 7 heteroatoms. The first-order valence-corrected chi connectivity index (χ1v) is 3.99. The van der Waals surface area contributed by atoms with Gasteiger partial charge < -0.3 is 10.7 Å².